The van der Waals surface area contributed by atoms with Gasteiger partial charge in [0, 0.05) is 17.1 Å². The van der Waals surface area contributed by atoms with Crippen LogP contribution in [0.25, 0.3) is 0 Å². The first-order chi connectivity index (χ1) is 18.5. The fourth-order valence-corrected chi connectivity index (χ4v) is 5.01. The highest BCUT2D eigenvalue weighted by Gasteiger charge is 2.31. The largest absolute Gasteiger partial charge is 0.497 e. The van der Waals surface area contributed by atoms with Gasteiger partial charge in [0.05, 0.1) is 34.0 Å². The highest BCUT2D eigenvalue weighted by molar-refractivity contribution is 8.13. The van der Waals surface area contributed by atoms with Gasteiger partial charge in [-0.1, -0.05) is 42.1 Å². The standard InChI is InChI=1S/C29H31N3O5S/c1-18-25(28(33)31-21-9-7-6-8-10-21)26(20-15-23(35-3)27(37-5)24(16-20)36-4)32-29(30-18)38-17-19-11-13-22(34-2)14-12-19/h6-16,26H,17H2,1-5H3,(H,30,32)(H,31,33)/t26-/m1/s1. The van der Waals surface area contributed by atoms with Crippen molar-refractivity contribution in [3.63, 3.8) is 0 Å². The normalized spacial score (nSPS) is 14.8. The van der Waals surface area contributed by atoms with Gasteiger partial charge >= 0.3 is 0 Å². The van der Waals surface area contributed by atoms with E-state index in [-0.39, 0.29) is 5.91 Å². The molecule has 0 aliphatic carbocycles. The number of hydrogen-bond donors (Lipinski definition) is 2. The Morgan fingerprint density at radius 1 is 0.921 bits per heavy atom. The molecule has 1 atom stereocenters. The van der Waals surface area contributed by atoms with E-state index in [1.165, 1.54) is 0 Å². The second kappa shape index (κ2) is 12.4. The summed E-state index contributed by atoms with van der Waals surface area (Å²) in [5, 5.41) is 7.02. The van der Waals surface area contributed by atoms with E-state index in [2.05, 4.69) is 10.6 Å². The summed E-state index contributed by atoms with van der Waals surface area (Å²) in [5.41, 5.74) is 3.77. The summed E-state index contributed by atoms with van der Waals surface area (Å²) in [5.74, 6) is 2.70. The van der Waals surface area contributed by atoms with Gasteiger partial charge in [0.1, 0.15) is 11.8 Å². The maximum Gasteiger partial charge on any atom is 0.255 e. The molecular formula is C29H31N3O5S. The number of para-hydroxylation sites is 1. The van der Waals surface area contributed by atoms with Crippen LogP contribution < -0.4 is 29.6 Å². The Hall–Kier alpha value is -4.11. The lowest BCUT2D eigenvalue weighted by molar-refractivity contribution is -0.113. The fraction of sp³-hybridized carbons (Fsp3) is 0.241. The minimum absolute atomic E-state index is 0.247. The highest BCUT2D eigenvalue weighted by Crippen LogP contribution is 2.43. The first-order valence-corrected chi connectivity index (χ1v) is 12.9. The number of aliphatic imine (C=N–C) groups is 1. The van der Waals surface area contributed by atoms with Crippen molar-refractivity contribution in [2.75, 3.05) is 33.8 Å². The number of ether oxygens (including phenoxy) is 4. The summed E-state index contributed by atoms with van der Waals surface area (Å²) in [4.78, 5) is 18.5. The molecule has 0 aromatic heterocycles. The summed E-state index contributed by atoms with van der Waals surface area (Å²) in [6.45, 7) is 1.88. The molecule has 0 bridgehead atoms. The van der Waals surface area contributed by atoms with Crippen molar-refractivity contribution in [3.8, 4) is 23.0 Å². The number of benzene rings is 3. The van der Waals surface area contributed by atoms with Crippen molar-refractivity contribution in [2.45, 2.75) is 18.7 Å². The number of carbonyl (C=O) groups is 1. The SMILES string of the molecule is COc1ccc(CSC2=N[C@H](c3cc(OC)c(OC)c(OC)c3)C(C(=O)Nc3ccccc3)=C(C)N2)cc1. The average molecular weight is 534 g/mol. The Kier molecular flexibility index (Phi) is 8.81. The smallest absolute Gasteiger partial charge is 0.255 e. The minimum Gasteiger partial charge on any atom is -0.497 e. The molecule has 1 aliphatic heterocycles. The van der Waals surface area contributed by atoms with Crippen LogP contribution in [0, 0.1) is 0 Å². The number of allylic oxidation sites excluding steroid dienone is 1. The zero-order valence-corrected chi connectivity index (χ0v) is 22.8. The number of methoxy groups -OCH3 is 4. The van der Waals surface area contributed by atoms with Gasteiger partial charge in [0.15, 0.2) is 16.7 Å². The van der Waals surface area contributed by atoms with Crippen LogP contribution in [0.5, 0.6) is 23.0 Å². The molecule has 38 heavy (non-hydrogen) atoms. The lowest BCUT2D eigenvalue weighted by atomic mass is 9.95. The maximum absolute atomic E-state index is 13.6. The van der Waals surface area contributed by atoms with Crippen LogP contribution in [0.4, 0.5) is 5.69 Å². The van der Waals surface area contributed by atoms with Crippen LogP contribution in [0.3, 0.4) is 0 Å². The number of anilines is 1. The van der Waals surface area contributed by atoms with E-state index in [1.54, 1.807) is 40.2 Å². The molecule has 4 rings (SSSR count). The number of nitrogens with zero attached hydrogens (tertiary/aromatic N) is 1. The molecule has 1 heterocycles. The van der Waals surface area contributed by atoms with E-state index in [0.29, 0.717) is 45.1 Å². The highest BCUT2D eigenvalue weighted by atomic mass is 32.2. The molecule has 1 aliphatic rings. The molecular weight excluding hydrogens is 502 g/mol. The molecule has 9 heteroatoms. The van der Waals surface area contributed by atoms with Gasteiger partial charge in [-0.2, -0.15) is 0 Å². The first-order valence-electron chi connectivity index (χ1n) is 11.9. The van der Waals surface area contributed by atoms with Gasteiger partial charge in [-0.15, -0.1) is 0 Å². The van der Waals surface area contributed by atoms with Gasteiger partial charge in [-0.05, 0) is 54.4 Å². The van der Waals surface area contributed by atoms with Crippen molar-refractivity contribution in [1.29, 1.82) is 0 Å². The Labute approximate surface area is 227 Å². The van der Waals surface area contributed by atoms with Gasteiger partial charge in [0.2, 0.25) is 5.75 Å². The van der Waals surface area contributed by atoms with Crippen molar-refractivity contribution < 1.29 is 23.7 Å². The third-order valence-electron chi connectivity index (χ3n) is 6.03. The van der Waals surface area contributed by atoms with E-state index in [1.807, 2.05) is 73.7 Å². The van der Waals surface area contributed by atoms with Crippen molar-refractivity contribution in [3.05, 3.63) is 89.1 Å². The third-order valence-corrected chi connectivity index (χ3v) is 6.99. The number of hydrogen-bond acceptors (Lipinski definition) is 8. The number of amidine groups is 1. The van der Waals surface area contributed by atoms with Gasteiger partial charge in [-0.3, -0.25) is 4.79 Å². The third kappa shape index (κ3) is 6.06. The van der Waals surface area contributed by atoms with E-state index in [9.17, 15) is 4.79 Å². The van der Waals surface area contributed by atoms with Crippen molar-refractivity contribution >= 4 is 28.5 Å². The van der Waals surface area contributed by atoms with Crippen LogP contribution in [0.2, 0.25) is 0 Å². The summed E-state index contributed by atoms with van der Waals surface area (Å²) >= 11 is 1.56. The van der Waals surface area contributed by atoms with E-state index < -0.39 is 6.04 Å². The number of carbonyl (C=O) groups excluding carboxylic acids is 1. The van der Waals surface area contributed by atoms with E-state index in [4.69, 9.17) is 23.9 Å². The van der Waals surface area contributed by atoms with E-state index >= 15 is 0 Å². The maximum atomic E-state index is 13.6. The van der Waals surface area contributed by atoms with Crippen LogP contribution in [0.15, 0.2) is 83.0 Å². The van der Waals surface area contributed by atoms with Crippen LogP contribution >= 0.6 is 11.8 Å². The molecule has 0 fully saturated rings. The molecule has 0 unspecified atom stereocenters. The molecule has 0 spiro atoms. The predicted molar refractivity (Wildman–Crippen MR) is 151 cm³/mol. The fourth-order valence-electron chi connectivity index (χ4n) is 4.11. The van der Waals surface area contributed by atoms with Gasteiger partial charge in [0.25, 0.3) is 5.91 Å². The topological polar surface area (TPSA) is 90.4 Å². The molecule has 8 nitrogen and oxygen atoms in total. The van der Waals surface area contributed by atoms with Crippen molar-refractivity contribution in [2.24, 2.45) is 4.99 Å². The number of rotatable bonds is 9. The lowest BCUT2D eigenvalue weighted by Crippen LogP contribution is -2.32. The van der Waals surface area contributed by atoms with Gasteiger partial charge < -0.3 is 29.6 Å². The molecule has 1 amide bonds. The molecule has 0 saturated carbocycles. The number of amides is 1. The number of thioether (sulfide) groups is 1. The zero-order chi connectivity index (χ0) is 27.1. The monoisotopic (exact) mass is 533 g/mol. The molecule has 3 aromatic rings. The quantitative estimate of drug-likeness (QED) is 0.372. The van der Waals surface area contributed by atoms with Crippen molar-refractivity contribution in [1.82, 2.24) is 5.32 Å². The van der Waals surface area contributed by atoms with Gasteiger partial charge in [-0.25, -0.2) is 4.99 Å². The Bertz CT molecular complexity index is 1320. The second-order valence-electron chi connectivity index (χ2n) is 8.42. The number of nitrogens with one attached hydrogen (secondary N) is 2. The van der Waals surface area contributed by atoms with Crippen LogP contribution in [0.1, 0.15) is 24.1 Å². The molecule has 0 radical (unpaired) electrons. The average Bonchev–Trinajstić information content (AvgIpc) is 2.95. The second-order valence-corrected chi connectivity index (χ2v) is 9.38. The molecule has 3 aromatic carbocycles. The predicted octanol–water partition coefficient (Wildman–Crippen LogP) is 5.57. The molecule has 198 valence electrons. The lowest BCUT2D eigenvalue weighted by Gasteiger charge is -2.27. The summed E-state index contributed by atoms with van der Waals surface area (Å²) in [6, 6.07) is 20.3. The van der Waals surface area contributed by atoms with Crippen LogP contribution in [-0.2, 0) is 10.5 Å². The minimum atomic E-state index is -0.605. The Morgan fingerprint density at radius 3 is 2.16 bits per heavy atom. The zero-order valence-electron chi connectivity index (χ0n) is 22.0. The molecule has 2 N–H and O–H groups in total. The Balaban J connectivity index is 1.70. The summed E-state index contributed by atoms with van der Waals surface area (Å²) in [6.07, 6.45) is 0. The summed E-state index contributed by atoms with van der Waals surface area (Å²) < 4.78 is 21.9. The van der Waals surface area contributed by atoms with E-state index in [0.717, 1.165) is 16.9 Å². The molecule has 0 saturated heterocycles. The first kappa shape index (κ1) is 26.9. The summed E-state index contributed by atoms with van der Waals surface area (Å²) in [7, 11) is 6.33. The Morgan fingerprint density at radius 2 is 1.58 bits per heavy atom. The van der Waals surface area contributed by atoms with Crippen LogP contribution in [-0.4, -0.2) is 39.5 Å².